The molecule has 0 saturated carbocycles. The molecule has 1 aliphatic heterocycles. The van der Waals surface area contributed by atoms with E-state index in [1.807, 2.05) is 0 Å². The molecule has 0 bridgehead atoms. The number of piperazine rings is 1. The first-order chi connectivity index (χ1) is 7.21. The summed E-state index contributed by atoms with van der Waals surface area (Å²) >= 11 is 0. The van der Waals surface area contributed by atoms with Crippen molar-refractivity contribution in [3.63, 3.8) is 0 Å². The molecule has 1 fully saturated rings. The number of nitrogens with one attached hydrogen (secondary N) is 2. The smallest absolute Gasteiger partial charge is 0.312 e. The highest BCUT2D eigenvalue weighted by atomic mass is 32.2. The number of hydrogen-bond acceptors (Lipinski definition) is 3. The molecule has 2 N–H and O–H groups in total. The summed E-state index contributed by atoms with van der Waals surface area (Å²) in [5.74, 6) is 0. The molecule has 0 spiro atoms. The minimum atomic E-state index is -4.53. The van der Waals surface area contributed by atoms with Crippen LogP contribution in [0, 0.1) is 0 Å². The maximum absolute atomic E-state index is 11.9. The first-order valence-corrected chi connectivity index (χ1v) is 6.19. The average Bonchev–Trinajstić information content (AvgIpc) is 2.14. The van der Waals surface area contributed by atoms with Gasteiger partial charge in [0, 0.05) is 25.7 Å². The lowest BCUT2D eigenvalue weighted by Gasteiger charge is -2.31. The first kappa shape index (κ1) is 13.7. The third-order valence-corrected chi connectivity index (χ3v) is 3.65. The summed E-state index contributed by atoms with van der Waals surface area (Å²) < 4.78 is 61.1. The highest BCUT2D eigenvalue weighted by molar-refractivity contribution is 7.87. The standard InChI is InChI=1S/C7H14F3N3O2S/c1-6-4-13(3-2-11-6)16(14,15)12-5-7(8,9)10/h6,11-12H,2-5H2,1H3/t6-/m0/s1. The molecule has 5 nitrogen and oxygen atoms in total. The second-order valence-electron chi connectivity index (χ2n) is 3.65. The van der Waals surface area contributed by atoms with Gasteiger partial charge in [-0.2, -0.15) is 30.6 Å². The highest BCUT2D eigenvalue weighted by Crippen LogP contribution is 2.13. The monoisotopic (exact) mass is 261 g/mol. The lowest BCUT2D eigenvalue weighted by molar-refractivity contribution is -0.121. The molecule has 0 radical (unpaired) electrons. The third kappa shape index (κ3) is 4.24. The van der Waals surface area contributed by atoms with E-state index in [2.05, 4.69) is 5.32 Å². The maximum atomic E-state index is 11.9. The molecule has 1 aliphatic rings. The van der Waals surface area contributed by atoms with E-state index in [9.17, 15) is 21.6 Å². The highest BCUT2D eigenvalue weighted by Gasteiger charge is 2.33. The molecule has 1 rings (SSSR count). The molecule has 0 amide bonds. The van der Waals surface area contributed by atoms with Gasteiger partial charge >= 0.3 is 6.18 Å². The SMILES string of the molecule is C[C@H]1CN(S(=O)(=O)NCC(F)(F)F)CCN1. The third-order valence-electron chi connectivity index (χ3n) is 2.13. The van der Waals surface area contributed by atoms with Gasteiger partial charge in [-0.3, -0.25) is 0 Å². The second kappa shape index (κ2) is 4.86. The van der Waals surface area contributed by atoms with Crippen LogP contribution in [0.25, 0.3) is 0 Å². The lowest BCUT2D eigenvalue weighted by Crippen LogP contribution is -2.55. The number of nitrogens with zero attached hydrogens (tertiary/aromatic N) is 1. The second-order valence-corrected chi connectivity index (χ2v) is 5.41. The Labute approximate surface area is 92.2 Å². The predicted octanol–water partition coefficient (Wildman–Crippen LogP) is -0.323. The Morgan fingerprint density at radius 2 is 2.12 bits per heavy atom. The number of alkyl halides is 3. The van der Waals surface area contributed by atoms with E-state index < -0.39 is 22.9 Å². The Bertz CT molecular complexity index is 330. The number of halogens is 3. The van der Waals surface area contributed by atoms with Crippen molar-refractivity contribution in [3.05, 3.63) is 0 Å². The average molecular weight is 261 g/mol. The molecule has 0 aromatic carbocycles. The fraction of sp³-hybridized carbons (Fsp3) is 1.00. The Morgan fingerprint density at radius 1 is 1.50 bits per heavy atom. The van der Waals surface area contributed by atoms with Crippen molar-refractivity contribution in [2.45, 2.75) is 19.1 Å². The molecule has 0 aliphatic carbocycles. The molecule has 0 aromatic rings. The van der Waals surface area contributed by atoms with Gasteiger partial charge in [0.25, 0.3) is 10.2 Å². The van der Waals surface area contributed by atoms with Crippen LogP contribution in [-0.2, 0) is 10.2 Å². The molecule has 0 unspecified atom stereocenters. The van der Waals surface area contributed by atoms with Crippen LogP contribution in [0.3, 0.4) is 0 Å². The van der Waals surface area contributed by atoms with Crippen molar-refractivity contribution >= 4 is 10.2 Å². The van der Waals surface area contributed by atoms with Gasteiger partial charge in [0.1, 0.15) is 6.54 Å². The minimum Gasteiger partial charge on any atom is -0.312 e. The summed E-state index contributed by atoms with van der Waals surface area (Å²) in [5, 5.41) is 3.00. The van der Waals surface area contributed by atoms with Gasteiger partial charge in [-0.15, -0.1) is 0 Å². The molecule has 9 heteroatoms. The van der Waals surface area contributed by atoms with Crippen LogP contribution >= 0.6 is 0 Å². The molecular weight excluding hydrogens is 247 g/mol. The van der Waals surface area contributed by atoms with E-state index in [-0.39, 0.29) is 19.1 Å². The molecule has 1 saturated heterocycles. The molecule has 96 valence electrons. The zero-order chi connectivity index (χ0) is 12.4. The Balaban J connectivity index is 2.56. The first-order valence-electron chi connectivity index (χ1n) is 4.75. The van der Waals surface area contributed by atoms with E-state index in [0.717, 1.165) is 4.31 Å². The lowest BCUT2D eigenvalue weighted by atomic mass is 10.3. The topological polar surface area (TPSA) is 61.4 Å². The summed E-state index contributed by atoms with van der Waals surface area (Å²) in [6, 6.07) is -0.0591. The quantitative estimate of drug-likeness (QED) is 0.732. The maximum Gasteiger partial charge on any atom is 0.402 e. The summed E-state index contributed by atoms with van der Waals surface area (Å²) in [6.45, 7) is 1.03. The van der Waals surface area contributed by atoms with Crippen molar-refractivity contribution in [1.82, 2.24) is 14.3 Å². The van der Waals surface area contributed by atoms with Crippen molar-refractivity contribution in [1.29, 1.82) is 0 Å². The van der Waals surface area contributed by atoms with E-state index in [1.54, 1.807) is 6.92 Å². The Morgan fingerprint density at radius 3 is 2.62 bits per heavy atom. The van der Waals surface area contributed by atoms with Crippen molar-refractivity contribution in [2.24, 2.45) is 0 Å². The Hall–Kier alpha value is -0.380. The van der Waals surface area contributed by atoms with Gasteiger partial charge < -0.3 is 5.32 Å². The van der Waals surface area contributed by atoms with E-state index in [0.29, 0.717) is 6.54 Å². The number of hydrogen-bond donors (Lipinski definition) is 2. The van der Waals surface area contributed by atoms with Crippen molar-refractivity contribution in [3.8, 4) is 0 Å². The summed E-state index contributed by atoms with van der Waals surface area (Å²) in [6.07, 6.45) is -4.53. The zero-order valence-corrected chi connectivity index (χ0v) is 9.53. The van der Waals surface area contributed by atoms with Crippen LogP contribution < -0.4 is 10.0 Å². The van der Waals surface area contributed by atoms with Crippen molar-refractivity contribution < 1.29 is 21.6 Å². The van der Waals surface area contributed by atoms with Gasteiger partial charge in [0.15, 0.2) is 0 Å². The molecular formula is C7H14F3N3O2S. The van der Waals surface area contributed by atoms with Crippen LogP contribution in [0.4, 0.5) is 13.2 Å². The van der Waals surface area contributed by atoms with Gasteiger partial charge in [-0.1, -0.05) is 0 Å². The fourth-order valence-electron chi connectivity index (χ4n) is 1.38. The van der Waals surface area contributed by atoms with Gasteiger partial charge in [-0.25, -0.2) is 0 Å². The van der Waals surface area contributed by atoms with Crippen LogP contribution in [0.2, 0.25) is 0 Å². The zero-order valence-electron chi connectivity index (χ0n) is 8.71. The Kier molecular flexibility index (Phi) is 4.16. The fourth-order valence-corrected chi connectivity index (χ4v) is 2.66. The van der Waals surface area contributed by atoms with E-state index in [4.69, 9.17) is 0 Å². The van der Waals surface area contributed by atoms with Crippen LogP contribution in [0.1, 0.15) is 6.92 Å². The van der Waals surface area contributed by atoms with Gasteiger partial charge in [0.05, 0.1) is 0 Å². The van der Waals surface area contributed by atoms with Crippen LogP contribution in [0.15, 0.2) is 0 Å². The van der Waals surface area contributed by atoms with E-state index in [1.165, 1.54) is 4.72 Å². The minimum absolute atomic E-state index is 0.0591. The van der Waals surface area contributed by atoms with E-state index >= 15 is 0 Å². The van der Waals surface area contributed by atoms with Crippen molar-refractivity contribution in [2.75, 3.05) is 26.2 Å². The van der Waals surface area contributed by atoms with Crippen LogP contribution in [-0.4, -0.2) is 51.1 Å². The van der Waals surface area contributed by atoms with Crippen LogP contribution in [0.5, 0.6) is 0 Å². The van der Waals surface area contributed by atoms with Gasteiger partial charge in [-0.05, 0) is 6.92 Å². The molecule has 16 heavy (non-hydrogen) atoms. The largest absolute Gasteiger partial charge is 0.402 e. The summed E-state index contributed by atoms with van der Waals surface area (Å²) in [4.78, 5) is 0. The van der Waals surface area contributed by atoms with Gasteiger partial charge in [0.2, 0.25) is 0 Å². The predicted molar refractivity (Wildman–Crippen MR) is 52.0 cm³/mol. The normalized spacial score (nSPS) is 24.6. The molecule has 1 heterocycles. The number of rotatable bonds is 3. The summed E-state index contributed by atoms with van der Waals surface area (Å²) in [7, 11) is -4.03. The molecule has 1 atom stereocenters. The summed E-state index contributed by atoms with van der Waals surface area (Å²) in [5.41, 5.74) is 0. The molecule has 0 aromatic heterocycles.